The van der Waals surface area contributed by atoms with E-state index in [-0.39, 0.29) is 23.3 Å². The van der Waals surface area contributed by atoms with Crippen molar-refractivity contribution in [1.29, 1.82) is 0 Å². The van der Waals surface area contributed by atoms with E-state index in [9.17, 15) is 14.4 Å². The summed E-state index contributed by atoms with van der Waals surface area (Å²) in [7, 11) is 0. The van der Waals surface area contributed by atoms with E-state index in [1.54, 1.807) is 24.3 Å². The molecule has 0 radical (unpaired) electrons. The average Bonchev–Trinajstić information content (AvgIpc) is 2.66. The van der Waals surface area contributed by atoms with Gasteiger partial charge in [-0.05, 0) is 49.1 Å². The Balaban J connectivity index is 1.93. The number of carboxylic acid groups (broad SMARTS) is 1. The Kier molecular flexibility index (Phi) is 7.32. The maximum Gasteiger partial charge on any atom is 0.335 e. The van der Waals surface area contributed by atoms with E-state index in [1.807, 2.05) is 39.0 Å². The first kappa shape index (κ1) is 21.2. The van der Waals surface area contributed by atoms with Crippen LogP contribution in [0.5, 0.6) is 0 Å². The molecule has 0 saturated carbocycles. The van der Waals surface area contributed by atoms with Crippen LogP contribution in [-0.2, 0) is 11.2 Å². The Morgan fingerprint density at radius 3 is 2.29 bits per heavy atom. The number of nitrogens with one attached hydrogen (secondary N) is 2. The van der Waals surface area contributed by atoms with Crippen molar-refractivity contribution in [2.24, 2.45) is 5.92 Å². The van der Waals surface area contributed by atoms with Gasteiger partial charge in [-0.25, -0.2) is 4.79 Å². The van der Waals surface area contributed by atoms with Crippen LogP contribution >= 0.6 is 0 Å². The molecule has 2 aromatic carbocycles. The molecule has 0 heterocycles. The third-order valence-corrected chi connectivity index (χ3v) is 4.44. The van der Waals surface area contributed by atoms with Crippen molar-refractivity contribution >= 4 is 17.8 Å². The van der Waals surface area contributed by atoms with E-state index in [0.717, 1.165) is 11.1 Å². The second-order valence-electron chi connectivity index (χ2n) is 7.11. The summed E-state index contributed by atoms with van der Waals surface area (Å²) in [6.45, 7) is 6.04. The number of carbonyl (C=O) groups excluding carboxylic acids is 2. The van der Waals surface area contributed by atoms with Gasteiger partial charge in [0, 0.05) is 12.1 Å². The molecule has 0 aromatic heterocycles. The second kappa shape index (κ2) is 9.69. The molecule has 6 heteroatoms. The van der Waals surface area contributed by atoms with Crippen molar-refractivity contribution in [2.75, 3.05) is 6.54 Å². The Morgan fingerprint density at radius 2 is 1.68 bits per heavy atom. The van der Waals surface area contributed by atoms with Crippen LogP contribution in [0.3, 0.4) is 0 Å². The van der Waals surface area contributed by atoms with Crippen molar-refractivity contribution in [2.45, 2.75) is 33.2 Å². The number of carbonyl (C=O) groups is 3. The predicted molar refractivity (Wildman–Crippen MR) is 107 cm³/mol. The van der Waals surface area contributed by atoms with Crippen molar-refractivity contribution in [1.82, 2.24) is 10.6 Å². The minimum absolute atomic E-state index is 0.0789. The summed E-state index contributed by atoms with van der Waals surface area (Å²) in [6, 6.07) is 13.1. The lowest BCUT2D eigenvalue weighted by Crippen LogP contribution is -2.50. The molecule has 1 unspecified atom stereocenters. The lowest BCUT2D eigenvalue weighted by molar-refractivity contribution is -0.123. The zero-order chi connectivity index (χ0) is 20.7. The zero-order valence-electron chi connectivity index (χ0n) is 16.4. The third-order valence-electron chi connectivity index (χ3n) is 4.44. The fraction of sp³-hybridized carbons (Fsp3) is 0.318. The smallest absolute Gasteiger partial charge is 0.335 e. The molecule has 28 heavy (non-hydrogen) atoms. The summed E-state index contributed by atoms with van der Waals surface area (Å²) in [6.07, 6.45) is 0.504. The zero-order valence-corrected chi connectivity index (χ0v) is 16.4. The lowest BCUT2D eigenvalue weighted by Gasteiger charge is -2.22. The molecule has 2 aromatic rings. The van der Waals surface area contributed by atoms with Gasteiger partial charge in [-0.15, -0.1) is 0 Å². The number of benzene rings is 2. The highest BCUT2D eigenvalue weighted by Crippen LogP contribution is 2.08. The van der Waals surface area contributed by atoms with Crippen molar-refractivity contribution in [3.63, 3.8) is 0 Å². The summed E-state index contributed by atoms with van der Waals surface area (Å²) in [5.74, 6) is -1.61. The van der Waals surface area contributed by atoms with E-state index >= 15 is 0 Å². The van der Waals surface area contributed by atoms with Crippen molar-refractivity contribution < 1.29 is 19.5 Å². The van der Waals surface area contributed by atoms with Crippen LogP contribution in [-0.4, -0.2) is 35.5 Å². The Labute approximate surface area is 165 Å². The molecule has 0 saturated heterocycles. The summed E-state index contributed by atoms with van der Waals surface area (Å²) in [4.78, 5) is 36.0. The summed E-state index contributed by atoms with van der Waals surface area (Å²) >= 11 is 0. The standard InChI is InChI=1S/C22H26N2O4/c1-14(2)19(24-20(25)17-9-7-15(3)8-10-17)21(26)23-12-11-16-5-4-6-18(13-16)22(27)28/h4-10,13-14,19H,11-12H2,1-3H3,(H,23,26)(H,24,25)(H,27,28). The molecule has 3 N–H and O–H groups in total. The van der Waals surface area contributed by atoms with Gasteiger partial charge in [0.05, 0.1) is 5.56 Å². The van der Waals surface area contributed by atoms with Crippen LogP contribution in [0, 0.1) is 12.8 Å². The van der Waals surface area contributed by atoms with Gasteiger partial charge in [0.1, 0.15) is 6.04 Å². The fourth-order valence-corrected chi connectivity index (χ4v) is 2.76. The minimum atomic E-state index is -0.982. The highest BCUT2D eigenvalue weighted by atomic mass is 16.4. The van der Waals surface area contributed by atoms with Crippen LogP contribution in [0.2, 0.25) is 0 Å². The Morgan fingerprint density at radius 1 is 1.00 bits per heavy atom. The van der Waals surface area contributed by atoms with Crippen LogP contribution in [0.25, 0.3) is 0 Å². The first-order valence-corrected chi connectivity index (χ1v) is 9.25. The third kappa shape index (κ3) is 5.94. The number of hydrogen-bond acceptors (Lipinski definition) is 3. The molecule has 0 bridgehead atoms. The molecule has 1 atom stereocenters. The first-order chi connectivity index (χ1) is 13.3. The summed E-state index contributed by atoms with van der Waals surface area (Å²) in [5, 5.41) is 14.7. The van der Waals surface area contributed by atoms with Gasteiger partial charge >= 0.3 is 5.97 Å². The van der Waals surface area contributed by atoms with E-state index in [4.69, 9.17) is 5.11 Å². The monoisotopic (exact) mass is 382 g/mol. The number of amides is 2. The van der Waals surface area contributed by atoms with Gasteiger partial charge in [-0.3, -0.25) is 9.59 Å². The Hall–Kier alpha value is -3.15. The van der Waals surface area contributed by atoms with Gasteiger partial charge < -0.3 is 15.7 Å². The highest BCUT2D eigenvalue weighted by Gasteiger charge is 2.24. The minimum Gasteiger partial charge on any atom is -0.478 e. The fourth-order valence-electron chi connectivity index (χ4n) is 2.76. The predicted octanol–water partition coefficient (Wildman–Crippen LogP) is 2.81. The summed E-state index contributed by atoms with van der Waals surface area (Å²) < 4.78 is 0. The number of rotatable bonds is 8. The van der Waals surface area contributed by atoms with Gasteiger partial charge in [-0.2, -0.15) is 0 Å². The van der Waals surface area contributed by atoms with Crippen LogP contribution < -0.4 is 10.6 Å². The molecule has 0 aliphatic rings. The maximum atomic E-state index is 12.6. The molecule has 0 aliphatic heterocycles. The summed E-state index contributed by atoms with van der Waals surface area (Å²) in [5.41, 5.74) is 2.61. The van der Waals surface area contributed by atoms with Crippen molar-refractivity contribution in [3.8, 4) is 0 Å². The van der Waals surface area contributed by atoms with Gasteiger partial charge in [0.15, 0.2) is 0 Å². The first-order valence-electron chi connectivity index (χ1n) is 9.25. The molecule has 0 aliphatic carbocycles. The molecule has 148 valence electrons. The topological polar surface area (TPSA) is 95.5 Å². The molecule has 0 spiro atoms. The molecular weight excluding hydrogens is 356 g/mol. The van der Waals surface area contributed by atoms with E-state index < -0.39 is 12.0 Å². The Bertz CT molecular complexity index is 844. The quantitative estimate of drug-likeness (QED) is 0.654. The van der Waals surface area contributed by atoms with Crippen LogP contribution in [0.4, 0.5) is 0 Å². The maximum absolute atomic E-state index is 12.6. The van der Waals surface area contributed by atoms with Crippen LogP contribution in [0.15, 0.2) is 48.5 Å². The molecule has 2 amide bonds. The molecule has 0 fully saturated rings. The second-order valence-corrected chi connectivity index (χ2v) is 7.11. The van der Waals surface area contributed by atoms with E-state index in [1.165, 1.54) is 6.07 Å². The normalized spacial score (nSPS) is 11.7. The average molecular weight is 382 g/mol. The highest BCUT2D eigenvalue weighted by molar-refractivity contribution is 5.97. The largest absolute Gasteiger partial charge is 0.478 e. The number of carboxylic acids is 1. The number of hydrogen-bond donors (Lipinski definition) is 3. The molecular formula is C22H26N2O4. The number of aromatic carboxylic acids is 1. The lowest BCUT2D eigenvalue weighted by atomic mass is 10.0. The SMILES string of the molecule is Cc1ccc(C(=O)NC(C(=O)NCCc2cccc(C(=O)O)c2)C(C)C)cc1. The van der Waals surface area contributed by atoms with Gasteiger partial charge in [-0.1, -0.05) is 43.7 Å². The van der Waals surface area contributed by atoms with Gasteiger partial charge in [0.2, 0.25) is 5.91 Å². The molecule has 2 rings (SSSR count). The van der Waals surface area contributed by atoms with E-state index in [2.05, 4.69) is 10.6 Å². The van der Waals surface area contributed by atoms with Crippen LogP contribution in [0.1, 0.15) is 45.7 Å². The van der Waals surface area contributed by atoms with Crippen molar-refractivity contribution in [3.05, 3.63) is 70.8 Å². The molecule has 6 nitrogen and oxygen atoms in total. The number of aryl methyl sites for hydroxylation is 1. The van der Waals surface area contributed by atoms with E-state index in [0.29, 0.717) is 18.5 Å². The van der Waals surface area contributed by atoms with Gasteiger partial charge in [0.25, 0.3) is 5.91 Å².